The molecule has 0 aliphatic carbocycles. The SMILES string of the molecule is O=C(Cc1ccccc1F)NC1Cc2c(C(=O)NCc3ccccc3)cnn2C1. The fourth-order valence-corrected chi connectivity index (χ4v) is 3.54. The van der Waals surface area contributed by atoms with Crippen molar-refractivity contribution in [3.8, 4) is 0 Å². The lowest BCUT2D eigenvalue weighted by atomic mass is 10.1. The maximum Gasteiger partial charge on any atom is 0.255 e. The number of carbonyl (C=O) groups is 2. The predicted molar refractivity (Wildman–Crippen MR) is 106 cm³/mol. The number of aromatic nitrogens is 2. The third-order valence-electron chi connectivity index (χ3n) is 5.00. The van der Waals surface area contributed by atoms with Crippen LogP contribution in [0.2, 0.25) is 0 Å². The summed E-state index contributed by atoms with van der Waals surface area (Å²) in [5.41, 5.74) is 2.70. The van der Waals surface area contributed by atoms with Crippen molar-refractivity contribution in [3.05, 3.63) is 89.0 Å². The van der Waals surface area contributed by atoms with Gasteiger partial charge in [0.2, 0.25) is 5.91 Å². The Balaban J connectivity index is 1.34. The van der Waals surface area contributed by atoms with Crippen molar-refractivity contribution in [1.29, 1.82) is 0 Å². The van der Waals surface area contributed by atoms with Crippen LogP contribution in [0.4, 0.5) is 4.39 Å². The Labute approximate surface area is 167 Å². The average Bonchev–Trinajstić information content (AvgIpc) is 3.29. The van der Waals surface area contributed by atoms with Gasteiger partial charge in [0.05, 0.1) is 36.5 Å². The lowest BCUT2D eigenvalue weighted by molar-refractivity contribution is -0.121. The number of hydrogen-bond acceptors (Lipinski definition) is 3. The fourth-order valence-electron chi connectivity index (χ4n) is 3.54. The molecular formula is C22H21FN4O2. The normalized spacial score (nSPS) is 15.0. The predicted octanol–water partition coefficient (Wildman–Crippen LogP) is 2.24. The van der Waals surface area contributed by atoms with E-state index in [0.717, 1.165) is 11.3 Å². The van der Waals surface area contributed by atoms with Gasteiger partial charge in [-0.15, -0.1) is 0 Å². The number of benzene rings is 2. The second kappa shape index (κ2) is 8.26. The molecule has 148 valence electrons. The number of nitrogens with one attached hydrogen (secondary N) is 2. The zero-order valence-electron chi connectivity index (χ0n) is 15.8. The molecule has 3 aromatic rings. The van der Waals surface area contributed by atoms with Gasteiger partial charge >= 0.3 is 0 Å². The van der Waals surface area contributed by atoms with Crippen molar-refractivity contribution < 1.29 is 14.0 Å². The van der Waals surface area contributed by atoms with Gasteiger partial charge in [-0.05, 0) is 17.2 Å². The quantitative estimate of drug-likeness (QED) is 0.676. The van der Waals surface area contributed by atoms with Gasteiger partial charge in [-0.3, -0.25) is 14.3 Å². The van der Waals surface area contributed by atoms with Crippen LogP contribution >= 0.6 is 0 Å². The van der Waals surface area contributed by atoms with E-state index in [1.807, 2.05) is 30.3 Å². The highest BCUT2D eigenvalue weighted by Crippen LogP contribution is 2.19. The molecule has 0 saturated heterocycles. The van der Waals surface area contributed by atoms with E-state index in [2.05, 4.69) is 15.7 Å². The molecule has 2 heterocycles. The van der Waals surface area contributed by atoms with Crippen LogP contribution in [0, 0.1) is 5.82 Å². The van der Waals surface area contributed by atoms with Crippen LogP contribution in [0.25, 0.3) is 0 Å². The first kappa shape index (κ1) is 18.9. The summed E-state index contributed by atoms with van der Waals surface area (Å²) in [7, 11) is 0. The first-order chi connectivity index (χ1) is 14.1. The number of hydrogen-bond donors (Lipinski definition) is 2. The van der Waals surface area contributed by atoms with Crippen molar-refractivity contribution in [2.75, 3.05) is 0 Å². The standard InChI is InChI=1S/C22H21FN4O2/c23-19-9-5-4-8-16(19)10-21(28)26-17-11-20-18(13-25-27(20)14-17)22(29)24-12-15-6-2-1-3-7-15/h1-9,13,17H,10-12,14H2,(H,24,29)(H,26,28). The number of rotatable bonds is 6. The second-order valence-electron chi connectivity index (χ2n) is 7.09. The molecule has 1 atom stereocenters. The zero-order valence-corrected chi connectivity index (χ0v) is 15.8. The van der Waals surface area contributed by atoms with Gasteiger partial charge in [0.15, 0.2) is 0 Å². The molecule has 0 fully saturated rings. The smallest absolute Gasteiger partial charge is 0.255 e. The number of fused-ring (bicyclic) bond motifs is 1. The third-order valence-corrected chi connectivity index (χ3v) is 5.00. The Hall–Kier alpha value is -3.48. The highest BCUT2D eigenvalue weighted by molar-refractivity contribution is 5.95. The summed E-state index contributed by atoms with van der Waals surface area (Å²) in [6.07, 6.45) is 2.06. The summed E-state index contributed by atoms with van der Waals surface area (Å²) < 4.78 is 15.5. The Morgan fingerprint density at radius 3 is 2.66 bits per heavy atom. The van der Waals surface area contributed by atoms with E-state index in [1.165, 1.54) is 6.07 Å². The summed E-state index contributed by atoms with van der Waals surface area (Å²) in [5, 5.41) is 10.1. The molecule has 6 nitrogen and oxygen atoms in total. The van der Waals surface area contributed by atoms with Crippen molar-refractivity contribution in [1.82, 2.24) is 20.4 Å². The van der Waals surface area contributed by atoms with E-state index in [-0.39, 0.29) is 30.1 Å². The highest BCUT2D eigenvalue weighted by Gasteiger charge is 2.28. The lowest BCUT2D eigenvalue weighted by Gasteiger charge is -2.12. The van der Waals surface area contributed by atoms with Gasteiger partial charge in [-0.25, -0.2) is 4.39 Å². The molecule has 2 N–H and O–H groups in total. The minimum atomic E-state index is -0.389. The highest BCUT2D eigenvalue weighted by atomic mass is 19.1. The lowest BCUT2D eigenvalue weighted by Crippen LogP contribution is -2.37. The van der Waals surface area contributed by atoms with Crippen LogP contribution in [-0.2, 0) is 30.7 Å². The van der Waals surface area contributed by atoms with Crippen molar-refractivity contribution in [2.24, 2.45) is 0 Å². The van der Waals surface area contributed by atoms with Gasteiger partial charge in [-0.2, -0.15) is 5.10 Å². The van der Waals surface area contributed by atoms with Gasteiger partial charge < -0.3 is 10.6 Å². The van der Waals surface area contributed by atoms with E-state index >= 15 is 0 Å². The maximum absolute atomic E-state index is 13.7. The van der Waals surface area contributed by atoms with Crippen molar-refractivity contribution in [2.45, 2.75) is 32.0 Å². The molecule has 2 aromatic carbocycles. The summed E-state index contributed by atoms with van der Waals surface area (Å²) in [6, 6.07) is 15.7. The molecule has 1 aromatic heterocycles. The molecule has 0 bridgehead atoms. The molecule has 0 saturated carbocycles. The van der Waals surface area contributed by atoms with Crippen LogP contribution in [0.1, 0.15) is 27.2 Å². The van der Waals surface area contributed by atoms with Crippen LogP contribution < -0.4 is 10.6 Å². The topological polar surface area (TPSA) is 76.0 Å². The molecule has 0 spiro atoms. The van der Waals surface area contributed by atoms with Gasteiger partial charge in [-0.1, -0.05) is 48.5 Å². The minimum absolute atomic E-state index is 0.0179. The first-order valence-corrected chi connectivity index (χ1v) is 9.49. The molecular weight excluding hydrogens is 371 g/mol. The Bertz CT molecular complexity index is 1030. The maximum atomic E-state index is 13.7. The zero-order chi connectivity index (χ0) is 20.2. The van der Waals surface area contributed by atoms with Crippen molar-refractivity contribution in [3.63, 3.8) is 0 Å². The first-order valence-electron chi connectivity index (χ1n) is 9.49. The fraction of sp³-hybridized carbons (Fsp3) is 0.227. The van der Waals surface area contributed by atoms with E-state index < -0.39 is 0 Å². The molecule has 4 rings (SSSR count). The van der Waals surface area contributed by atoms with Crippen LogP contribution in [-0.4, -0.2) is 27.6 Å². The van der Waals surface area contributed by atoms with E-state index in [1.54, 1.807) is 29.1 Å². The molecule has 1 aliphatic rings. The Morgan fingerprint density at radius 2 is 1.86 bits per heavy atom. The average molecular weight is 392 g/mol. The number of nitrogens with zero attached hydrogens (tertiary/aromatic N) is 2. The monoisotopic (exact) mass is 392 g/mol. The minimum Gasteiger partial charge on any atom is -0.351 e. The number of halogens is 1. The second-order valence-corrected chi connectivity index (χ2v) is 7.09. The molecule has 1 unspecified atom stereocenters. The summed E-state index contributed by atoms with van der Waals surface area (Å²) in [4.78, 5) is 24.8. The molecule has 0 radical (unpaired) electrons. The van der Waals surface area contributed by atoms with Crippen LogP contribution in [0.5, 0.6) is 0 Å². The Morgan fingerprint density at radius 1 is 1.10 bits per heavy atom. The summed E-state index contributed by atoms with van der Waals surface area (Å²) in [5.74, 6) is -0.825. The van der Waals surface area contributed by atoms with Crippen LogP contribution in [0.15, 0.2) is 60.8 Å². The molecule has 2 amide bonds. The van der Waals surface area contributed by atoms with Crippen LogP contribution in [0.3, 0.4) is 0 Å². The van der Waals surface area contributed by atoms with E-state index in [9.17, 15) is 14.0 Å². The largest absolute Gasteiger partial charge is 0.351 e. The summed E-state index contributed by atoms with van der Waals surface area (Å²) >= 11 is 0. The van der Waals surface area contributed by atoms with Gasteiger partial charge in [0.1, 0.15) is 5.82 Å². The molecule has 1 aliphatic heterocycles. The van der Waals surface area contributed by atoms with Gasteiger partial charge in [0, 0.05) is 13.0 Å². The Kier molecular flexibility index (Phi) is 5.37. The molecule has 29 heavy (non-hydrogen) atoms. The molecule has 7 heteroatoms. The number of carbonyl (C=O) groups excluding carboxylic acids is 2. The summed E-state index contributed by atoms with van der Waals surface area (Å²) in [6.45, 7) is 0.928. The third kappa shape index (κ3) is 4.34. The van der Waals surface area contributed by atoms with E-state index in [0.29, 0.717) is 30.6 Å². The number of amides is 2. The van der Waals surface area contributed by atoms with Gasteiger partial charge in [0.25, 0.3) is 5.91 Å². The van der Waals surface area contributed by atoms with E-state index in [4.69, 9.17) is 0 Å². The van der Waals surface area contributed by atoms with Crippen molar-refractivity contribution >= 4 is 11.8 Å².